The molecule has 0 spiro atoms. The van der Waals surface area contributed by atoms with E-state index in [2.05, 4.69) is 20.3 Å². The maximum Gasteiger partial charge on any atom is 0.417 e. The molecule has 6 rings (SSSR count). The Morgan fingerprint density at radius 1 is 1.20 bits per heavy atom. The number of benzene rings is 1. The van der Waals surface area contributed by atoms with Crippen LogP contribution in [0.15, 0.2) is 12.3 Å². The fraction of sp³-hybridized carbons (Fsp3) is 0.533. The molecule has 4 atom stereocenters. The van der Waals surface area contributed by atoms with E-state index in [-0.39, 0.29) is 46.9 Å². The number of nitrogen functional groups attached to an aromatic ring is 1. The summed E-state index contributed by atoms with van der Waals surface area (Å²) < 4.78 is 80.5. The third-order valence-corrected chi connectivity index (χ3v) is 9.03. The molecule has 3 fully saturated rings. The van der Waals surface area contributed by atoms with Crippen molar-refractivity contribution in [3.8, 4) is 23.3 Å². The summed E-state index contributed by atoms with van der Waals surface area (Å²) >= 11 is 0. The van der Waals surface area contributed by atoms with Crippen molar-refractivity contribution in [2.45, 2.75) is 57.5 Å². The lowest BCUT2D eigenvalue weighted by molar-refractivity contribution is -0.137. The number of fused-ring (bicyclic) bond motifs is 3. The van der Waals surface area contributed by atoms with E-state index in [1.807, 2.05) is 16.8 Å². The van der Waals surface area contributed by atoms with Crippen LogP contribution in [0.1, 0.15) is 42.9 Å². The maximum absolute atomic E-state index is 16.6. The predicted molar refractivity (Wildman–Crippen MR) is 154 cm³/mol. The first-order valence-corrected chi connectivity index (χ1v) is 14.5. The van der Waals surface area contributed by atoms with Gasteiger partial charge in [0.25, 0.3) is 0 Å². The SMILES string of the molecule is Cc1cc(N)c(C#N)c(-c2ncc3c(N4C[C@H]5CC[C@@H](C4)N5)nc(OC[C@]4(C)CN(C)CC[C@@H]4F)nc3c2F)c1C(F)(F)F. The zero-order valence-electron chi connectivity index (χ0n) is 24.6. The van der Waals surface area contributed by atoms with Gasteiger partial charge >= 0.3 is 12.2 Å². The number of rotatable bonds is 5. The minimum absolute atomic E-state index is 0.0962. The predicted octanol–water partition coefficient (Wildman–Crippen LogP) is 4.61. The molecular weight excluding hydrogens is 583 g/mol. The maximum atomic E-state index is 16.6. The molecule has 3 N–H and O–H groups in total. The first-order valence-electron chi connectivity index (χ1n) is 14.5. The molecule has 2 aromatic heterocycles. The number of hydrogen-bond acceptors (Lipinski definition) is 9. The molecule has 234 valence electrons. The molecule has 3 saturated heterocycles. The molecule has 2 bridgehead atoms. The minimum Gasteiger partial charge on any atom is -0.463 e. The highest BCUT2D eigenvalue weighted by Gasteiger charge is 2.42. The van der Waals surface area contributed by atoms with Crippen LogP contribution in [0.3, 0.4) is 0 Å². The number of halogens is 5. The normalized spacial score (nSPS) is 25.8. The largest absolute Gasteiger partial charge is 0.463 e. The number of nitrogens with zero attached hydrogens (tertiary/aromatic N) is 6. The number of aromatic nitrogens is 3. The molecule has 3 aromatic rings. The van der Waals surface area contributed by atoms with E-state index in [4.69, 9.17) is 10.5 Å². The van der Waals surface area contributed by atoms with Gasteiger partial charge in [0, 0.05) is 55.4 Å². The Labute approximate surface area is 251 Å². The van der Waals surface area contributed by atoms with Crippen LogP contribution in [0.25, 0.3) is 22.2 Å². The Bertz CT molecular complexity index is 1650. The zero-order chi connectivity index (χ0) is 31.6. The van der Waals surface area contributed by atoms with Gasteiger partial charge < -0.3 is 25.6 Å². The van der Waals surface area contributed by atoms with E-state index in [0.29, 0.717) is 38.4 Å². The molecule has 0 unspecified atom stereocenters. The van der Waals surface area contributed by atoms with Crippen LogP contribution in [-0.2, 0) is 6.18 Å². The monoisotopic (exact) mass is 616 g/mol. The first kappa shape index (κ1) is 30.2. The summed E-state index contributed by atoms with van der Waals surface area (Å²) in [6, 6.07) is 2.88. The van der Waals surface area contributed by atoms with Crippen LogP contribution < -0.4 is 20.7 Å². The van der Waals surface area contributed by atoms with Crippen LogP contribution in [0.2, 0.25) is 0 Å². The molecule has 0 saturated carbocycles. The Morgan fingerprint density at radius 3 is 2.57 bits per heavy atom. The Hall–Kier alpha value is -3.83. The van der Waals surface area contributed by atoms with Gasteiger partial charge in [0.05, 0.1) is 22.2 Å². The summed E-state index contributed by atoms with van der Waals surface area (Å²) in [6.07, 6.45) is -2.60. The molecule has 44 heavy (non-hydrogen) atoms. The summed E-state index contributed by atoms with van der Waals surface area (Å²) in [5.74, 6) is -0.850. The third kappa shape index (κ3) is 5.26. The number of nitrogens with one attached hydrogen (secondary N) is 1. The van der Waals surface area contributed by atoms with Crippen LogP contribution >= 0.6 is 0 Å². The number of likely N-dealkylation sites (tertiary alicyclic amines) is 1. The highest BCUT2D eigenvalue weighted by Crippen LogP contribution is 2.44. The van der Waals surface area contributed by atoms with Crippen molar-refractivity contribution in [2.24, 2.45) is 5.41 Å². The van der Waals surface area contributed by atoms with Crippen molar-refractivity contribution in [1.29, 1.82) is 5.26 Å². The quantitative estimate of drug-likeness (QED) is 0.313. The van der Waals surface area contributed by atoms with Gasteiger partial charge in [0.2, 0.25) is 0 Å². The summed E-state index contributed by atoms with van der Waals surface area (Å²) in [6.45, 7) is 5.00. The van der Waals surface area contributed by atoms with Crippen molar-refractivity contribution in [2.75, 3.05) is 50.5 Å². The fourth-order valence-corrected chi connectivity index (χ4v) is 6.88. The van der Waals surface area contributed by atoms with E-state index in [0.717, 1.165) is 18.9 Å². The minimum atomic E-state index is -4.93. The van der Waals surface area contributed by atoms with Gasteiger partial charge in [-0.3, -0.25) is 4.98 Å². The lowest BCUT2D eigenvalue weighted by Crippen LogP contribution is -2.51. The van der Waals surface area contributed by atoms with Gasteiger partial charge in [-0.25, -0.2) is 8.78 Å². The molecule has 0 radical (unpaired) electrons. The average molecular weight is 617 g/mol. The summed E-state index contributed by atoms with van der Waals surface area (Å²) in [5.41, 5.74) is 1.01. The van der Waals surface area contributed by atoms with Crippen molar-refractivity contribution in [3.05, 3.63) is 34.8 Å². The summed E-state index contributed by atoms with van der Waals surface area (Å²) in [5, 5.41) is 13.5. The van der Waals surface area contributed by atoms with Crippen LogP contribution in [0.5, 0.6) is 6.01 Å². The standard InChI is InChI=1S/C30H33F5N8O/c1-15-8-20(37)18(9-36)22(23(15)30(33,34)35)26-24(32)25-19(10-38-26)27(43-11-16-4-5-17(12-43)39-16)41-28(40-25)44-14-29(2)13-42(3)7-6-21(29)31/h8,10,16-17,21,39H,4-7,11-14,37H2,1-3H3/t16-,17+,21-,29-/m0/s1. The first-order chi connectivity index (χ1) is 20.8. The number of anilines is 2. The molecule has 0 aliphatic carbocycles. The fourth-order valence-electron chi connectivity index (χ4n) is 6.88. The van der Waals surface area contributed by atoms with Gasteiger partial charge in [-0.2, -0.15) is 28.4 Å². The lowest BCUT2D eigenvalue weighted by atomic mass is 9.81. The van der Waals surface area contributed by atoms with Gasteiger partial charge in [-0.05, 0) is 44.9 Å². The summed E-state index contributed by atoms with van der Waals surface area (Å²) in [7, 11) is 1.89. The number of aryl methyl sites for hydroxylation is 1. The number of hydrogen-bond donors (Lipinski definition) is 2. The molecular formula is C30H33F5N8O. The number of piperidine rings is 1. The molecule has 5 heterocycles. The van der Waals surface area contributed by atoms with E-state index < -0.39 is 46.0 Å². The van der Waals surface area contributed by atoms with Gasteiger partial charge in [0.1, 0.15) is 35.9 Å². The van der Waals surface area contributed by atoms with Crippen LogP contribution in [-0.4, -0.2) is 77.9 Å². The van der Waals surface area contributed by atoms with Crippen molar-refractivity contribution in [1.82, 2.24) is 25.2 Å². The molecule has 3 aliphatic rings. The van der Waals surface area contributed by atoms with Crippen LogP contribution in [0.4, 0.5) is 33.5 Å². The number of ether oxygens (including phenoxy) is 1. The van der Waals surface area contributed by atoms with Gasteiger partial charge in [-0.1, -0.05) is 6.92 Å². The average Bonchev–Trinajstić information content (AvgIpc) is 3.30. The number of nitriles is 1. The zero-order valence-corrected chi connectivity index (χ0v) is 24.6. The molecule has 3 aliphatic heterocycles. The second kappa shape index (κ2) is 11.0. The lowest BCUT2D eigenvalue weighted by Gasteiger charge is -2.40. The van der Waals surface area contributed by atoms with E-state index in [1.54, 1.807) is 13.0 Å². The Morgan fingerprint density at radius 2 is 1.91 bits per heavy atom. The van der Waals surface area contributed by atoms with Crippen molar-refractivity contribution < 1.29 is 26.7 Å². The Kier molecular flexibility index (Phi) is 7.52. The third-order valence-electron chi connectivity index (χ3n) is 9.03. The number of pyridine rings is 1. The Balaban J connectivity index is 1.52. The van der Waals surface area contributed by atoms with E-state index >= 15 is 8.78 Å². The highest BCUT2D eigenvalue weighted by atomic mass is 19.4. The number of piperazine rings is 1. The molecule has 14 heteroatoms. The van der Waals surface area contributed by atoms with Crippen molar-refractivity contribution >= 4 is 22.4 Å². The molecule has 9 nitrogen and oxygen atoms in total. The smallest absolute Gasteiger partial charge is 0.417 e. The molecule has 0 amide bonds. The number of nitrogens with two attached hydrogens (primary N) is 1. The number of alkyl halides is 4. The van der Waals surface area contributed by atoms with Crippen molar-refractivity contribution in [3.63, 3.8) is 0 Å². The van der Waals surface area contributed by atoms with Crippen LogP contribution in [0, 0.1) is 29.5 Å². The van der Waals surface area contributed by atoms with Gasteiger partial charge in [-0.15, -0.1) is 0 Å². The van der Waals surface area contributed by atoms with Gasteiger partial charge in [0.15, 0.2) is 5.82 Å². The van der Waals surface area contributed by atoms with E-state index in [9.17, 15) is 18.4 Å². The highest BCUT2D eigenvalue weighted by molar-refractivity contribution is 5.93. The van der Waals surface area contributed by atoms with E-state index in [1.165, 1.54) is 13.1 Å². The summed E-state index contributed by atoms with van der Waals surface area (Å²) in [4.78, 5) is 17.0. The second-order valence-electron chi connectivity index (χ2n) is 12.5. The topological polar surface area (TPSA) is 116 Å². The second-order valence-corrected chi connectivity index (χ2v) is 12.5. The molecule has 1 aromatic carbocycles.